The zero-order valence-electron chi connectivity index (χ0n) is 70.2. The topological polar surface area (TPSA) is 231 Å². The van der Waals surface area contributed by atoms with Crippen LogP contribution in [0.3, 0.4) is 0 Å². The lowest BCUT2D eigenvalue weighted by Crippen LogP contribution is -2.30. The molecular formula is C95H154O16P2. The Balaban J connectivity index is 4.69. The molecule has 0 amide bonds. The molecule has 0 spiro atoms. The maximum atomic E-state index is 13.0. The third-order valence-corrected chi connectivity index (χ3v) is 19.4. The second-order valence-corrected chi connectivity index (χ2v) is 31.1. The van der Waals surface area contributed by atoms with E-state index in [-0.39, 0.29) is 19.3 Å². The molecule has 0 aromatic heterocycles. The Morgan fingerprint density at radius 2 is 0.442 bits per heavy atom. The van der Waals surface area contributed by atoms with Gasteiger partial charge in [-0.15, -0.1) is 0 Å². The fourth-order valence-electron chi connectivity index (χ4n) is 11.0. The van der Waals surface area contributed by atoms with Crippen molar-refractivity contribution in [3.05, 3.63) is 207 Å². The summed E-state index contributed by atoms with van der Waals surface area (Å²) in [4.78, 5) is 58.9. The highest BCUT2D eigenvalue weighted by Gasteiger charge is 2.29. The molecule has 5 atom stereocenters. The minimum Gasteiger partial charge on any atom is -0.463 e. The van der Waals surface area contributed by atoms with Crippen LogP contribution < -0.4 is 0 Å². The molecule has 18 heteroatoms. The van der Waals surface area contributed by atoms with Gasteiger partial charge in [-0.1, -0.05) is 337 Å². The van der Waals surface area contributed by atoms with Crippen LogP contribution in [0.25, 0.3) is 0 Å². The quantitative estimate of drug-likeness (QED) is 0.0146. The predicted octanol–water partition coefficient (Wildman–Crippen LogP) is 26.4. The van der Waals surface area contributed by atoms with Gasteiger partial charge in [0.1, 0.15) is 25.4 Å². The van der Waals surface area contributed by atoms with Gasteiger partial charge in [-0.3, -0.25) is 32.5 Å². The molecule has 0 heterocycles. The van der Waals surface area contributed by atoms with Crippen LogP contribution >= 0.6 is 15.6 Å². The van der Waals surface area contributed by atoms with E-state index in [0.29, 0.717) is 25.7 Å². The van der Waals surface area contributed by atoms with Crippen LogP contribution in [0.1, 0.15) is 316 Å². The van der Waals surface area contributed by atoms with Gasteiger partial charge in [0.2, 0.25) is 0 Å². The second-order valence-electron chi connectivity index (χ2n) is 28.2. The van der Waals surface area contributed by atoms with Crippen LogP contribution in [0.4, 0.5) is 0 Å². The monoisotopic (exact) mass is 1610 g/mol. The first kappa shape index (κ1) is 107. The summed E-state index contributed by atoms with van der Waals surface area (Å²) in [5, 5.41) is 20.7. The van der Waals surface area contributed by atoms with Gasteiger partial charge in [0, 0.05) is 19.3 Å². The number of allylic oxidation sites excluding steroid dienone is 34. The lowest BCUT2D eigenvalue weighted by molar-refractivity contribution is -0.161. The average Bonchev–Trinajstić information content (AvgIpc) is 0.898. The van der Waals surface area contributed by atoms with E-state index in [0.717, 1.165) is 186 Å². The van der Waals surface area contributed by atoms with Crippen LogP contribution in [0.5, 0.6) is 0 Å². The van der Waals surface area contributed by atoms with Crippen molar-refractivity contribution in [2.75, 3.05) is 39.6 Å². The molecule has 0 radical (unpaired) electrons. The number of aliphatic hydroxyl groups excluding tert-OH is 2. The number of phosphoric acid groups is 2. The fraction of sp³-hybridized carbons (Fsp3) is 0.611. The summed E-state index contributed by atoms with van der Waals surface area (Å²) in [5.41, 5.74) is 0. The van der Waals surface area contributed by atoms with Crippen molar-refractivity contribution < 1.29 is 75.8 Å². The highest BCUT2D eigenvalue weighted by atomic mass is 31.2. The lowest BCUT2D eigenvalue weighted by atomic mass is 10.0. The van der Waals surface area contributed by atoms with Gasteiger partial charge >= 0.3 is 33.6 Å². The van der Waals surface area contributed by atoms with E-state index in [9.17, 15) is 43.5 Å². The molecule has 0 bridgehead atoms. The van der Waals surface area contributed by atoms with Gasteiger partial charge in [0.15, 0.2) is 6.10 Å². The zero-order valence-corrected chi connectivity index (χ0v) is 72.0. The maximum Gasteiger partial charge on any atom is 0.472 e. The molecule has 0 saturated heterocycles. The van der Waals surface area contributed by atoms with Crippen molar-refractivity contribution in [3.8, 4) is 0 Å². The zero-order chi connectivity index (χ0) is 82.2. The third-order valence-electron chi connectivity index (χ3n) is 17.5. The van der Waals surface area contributed by atoms with E-state index < -0.39 is 91.5 Å². The number of aliphatic hydroxyl groups is 2. The Hall–Kier alpha value is -5.87. The summed E-state index contributed by atoms with van der Waals surface area (Å²) in [6.45, 7) is 2.28. The normalized spacial score (nSPS) is 14.9. The van der Waals surface area contributed by atoms with E-state index in [1.54, 1.807) is 0 Å². The van der Waals surface area contributed by atoms with Crippen molar-refractivity contribution >= 4 is 33.6 Å². The Labute approximate surface area is 686 Å². The molecule has 0 aromatic carbocycles. The molecule has 0 aliphatic carbocycles. The number of phosphoric ester groups is 2. The number of carbonyl (C=O) groups excluding carboxylic acids is 3. The third kappa shape index (κ3) is 86.8. The Morgan fingerprint density at radius 3 is 0.717 bits per heavy atom. The van der Waals surface area contributed by atoms with Gasteiger partial charge in [-0.2, -0.15) is 0 Å². The molecule has 113 heavy (non-hydrogen) atoms. The Bertz CT molecular complexity index is 2880. The molecule has 0 aromatic rings. The van der Waals surface area contributed by atoms with Gasteiger partial charge in [0.05, 0.1) is 26.4 Å². The number of esters is 3. The van der Waals surface area contributed by atoms with E-state index in [4.69, 9.17) is 32.3 Å². The smallest absolute Gasteiger partial charge is 0.463 e. The van der Waals surface area contributed by atoms with Gasteiger partial charge in [-0.25, -0.2) is 9.13 Å². The van der Waals surface area contributed by atoms with E-state index in [1.165, 1.54) is 64.2 Å². The molecule has 0 aliphatic heterocycles. The van der Waals surface area contributed by atoms with Crippen molar-refractivity contribution in [2.45, 2.75) is 334 Å². The molecular weight excluding hydrogens is 1460 g/mol. The number of ether oxygens (including phenoxy) is 3. The number of unbranched alkanes of at least 4 members (excludes halogenated alkanes) is 23. The van der Waals surface area contributed by atoms with Gasteiger partial charge < -0.3 is 34.2 Å². The van der Waals surface area contributed by atoms with Gasteiger partial charge in [-0.05, 0) is 167 Å². The summed E-state index contributed by atoms with van der Waals surface area (Å²) in [5.74, 6) is -1.65. The highest BCUT2D eigenvalue weighted by Crippen LogP contribution is 2.45. The number of hydrogen-bond acceptors (Lipinski definition) is 14. The first-order chi connectivity index (χ1) is 55.2. The van der Waals surface area contributed by atoms with Crippen LogP contribution in [0.2, 0.25) is 0 Å². The van der Waals surface area contributed by atoms with E-state index in [1.807, 2.05) is 0 Å². The second kappa shape index (κ2) is 85.5. The average molecular weight is 1610 g/mol. The number of carbonyl (C=O) groups is 3. The summed E-state index contributed by atoms with van der Waals surface area (Å²) in [6, 6.07) is 0. The van der Waals surface area contributed by atoms with Crippen LogP contribution in [0.15, 0.2) is 207 Å². The molecule has 5 unspecified atom stereocenters. The van der Waals surface area contributed by atoms with Crippen LogP contribution in [0, 0.1) is 0 Å². The summed E-state index contributed by atoms with van der Waals surface area (Å²) in [6.07, 6.45) is 114. The number of hydrogen-bond donors (Lipinski definition) is 4. The fourth-order valence-corrected chi connectivity index (χ4v) is 12.6. The SMILES string of the molecule is CC/C=C\C/C=C\C/C=C\C/C=C\C/C=C\C/C=C\CCCCCCCCCCC(=O)OCC(COP(=O)(O)OCC(O)COP(=O)(O)OCC(O)COC(=O)CCCCCCCCCCCCCCC/C=C\C/C=C\C/C=C\C/C=C\C/C=C\CC)OC(=O)CCCC/C=C\C/C=C\C/C=C\C/C=C\C/C=C\C/C=C\CC. The largest absolute Gasteiger partial charge is 0.472 e. The molecule has 0 saturated carbocycles. The van der Waals surface area contributed by atoms with E-state index in [2.05, 4.69) is 227 Å². The van der Waals surface area contributed by atoms with Crippen LogP contribution in [-0.2, 0) is 55.8 Å². The predicted molar refractivity (Wildman–Crippen MR) is 472 cm³/mol. The van der Waals surface area contributed by atoms with Crippen molar-refractivity contribution in [1.82, 2.24) is 0 Å². The summed E-state index contributed by atoms with van der Waals surface area (Å²) < 4.78 is 61.3. The molecule has 0 fully saturated rings. The highest BCUT2D eigenvalue weighted by molar-refractivity contribution is 7.47. The lowest BCUT2D eigenvalue weighted by Gasteiger charge is -2.21. The van der Waals surface area contributed by atoms with Crippen molar-refractivity contribution in [1.29, 1.82) is 0 Å². The minimum atomic E-state index is -4.96. The van der Waals surface area contributed by atoms with E-state index >= 15 is 0 Å². The standard InChI is InChI=1S/C95H154O16P2/c1-4-7-10-13-16-19-22-25-28-31-34-37-39-41-43-44-46-48-49-52-54-57-60-63-66-69-72-75-78-81-93(98)105-84-90(96)85-107-112(101,102)108-86-91(97)87-109-113(103,104)110-89-92(111-95(100)83-80-77-74-71-68-65-62-59-56-51-36-33-30-27-24-21-18-15-12-9-6-3)88-106-94(99)82-79-76-73-70-67-64-61-58-55-53-50-47-45-42-40-38-35-32-29-26-23-20-17-14-11-8-5-2/h7-12,16-21,25-30,34-38,41-43,45,50-51,53,59,62,68,71,90-92,96-97H,4-6,13-15,22-24,31-33,39-40,44,46-49,52,54-58,60-61,63-67,69-70,72-89H2,1-3H3,(H,101,102)(H,103,104)/b10-7-,11-8-,12-9-,19-16-,20-17-,21-18-,28-25-,29-26-,30-27-,37-34-,38-35-,43-41-,45-42-,51-36-,53-50-,62-59-,71-68-. The number of rotatable bonds is 80. The van der Waals surface area contributed by atoms with Crippen molar-refractivity contribution in [3.63, 3.8) is 0 Å². The Morgan fingerprint density at radius 1 is 0.248 bits per heavy atom. The first-order valence-corrected chi connectivity index (χ1v) is 46.4. The molecule has 4 N–H and O–H groups in total. The molecule has 0 aliphatic rings. The van der Waals surface area contributed by atoms with Crippen LogP contribution in [-0.4, -0.2) is 95.9 Å². The molecule has 16 nitrogen and oxygen atoms in total. The Kier molecular flexibility index (Phi) is 81.1. The minimum absolute atomic E-state index is 0.0393. The summed E-state index contributed by atoms with van der Waals surface area (Å²) in [7, 11) is -9.84. The first-order valence-electron chi connectivity index (χ1n) is 43.4. The molecule has 0 rings (SSSR count). The van der Waals surface area contributed by atoms with Crippen molar-refractivity contribution in [2.24, 2.45) is 0 Å². The van der Waals surface area contributed by atoms with Gasteiger partial charge in [0.25, 0.3) is 0 Å². The summed E-state index contributed by atoms with van der Waals surface area (Å²) >= 11 is 0. The maximum absolute atomic E-state index is 13.0. The molecule has 640 valence electrons.